The topological polar surface area (TPSA) is 64.6 Å². The number of hydrogen-bond acceptors (Lipinski definition) is 6. The highest BCUT2D eigenvalue weighted by Gasteiger charge is 2.25. The first kappa shape index (κ1) is 19.6. The number of nitrogens with one attached hydrogen (secondary N) is 2. The van der Waals surface area contributed by atoms with Crippen LogP contribution >= 0.6 is 24.4 Å². The van der Waals surface area contributed by atoms with E-state index in [1.165, 1.54) is 4.90 Å². The lowest BCUT2D eigenvalue weighted by molar-refractivity contribution is -0.121. The molecule has 2 aliphatic rings. The molecule has 5 nitrogen and oxygen atoms in total. The van der Waals surface area contributed by atoms with E-state index in [-0.39, 0.29) is 22.8 Å². The van der Waals surface area contributed by atoms with Gasteiger partial charge < -0.3 is 15.7 Å². The minimum Gasteiger partial charge on any atom is -0.392 e. The van der Waals surface area contributed by atoms with Crippen LogP contribution in [0.4, 0.5) is 5.69 Å². The van der Waals surface area contributed by atoms with Crippen LogP contribution in [0.1, 0.15) is 23.6 Å². The summed E-state index contributed by atoms with van der Waals surface area (Å²) in [6, 6.07) is 16.0. The molecule has 2 heterocycles. The molecular weight excluding hydrogens is 390 g/mol. The second-order valence-corrected chi connectivity index (χ2v) is 9.37. The predicted octanol–water partition coefficient (Wildman–Crippen LogP) is 2.88. The predicted molar refractivity (Wildman–Crippen MR) is 117 cm³/mol. The van der Waals surface area contributed by atoms with Crippen LogP contribution in [0.5, 0.6) is 0 Å². The molecule has 28 heavy (non-hydrogen) atoms. The minimum atomic E-state index is -0.264. The third kappa shape index (κ3) is 4.84. The van der Waals surface area contributed by atoms with Crippen molar-refractivity contribution in [1.29, 1.82) is 0 Å². The van der Waals surface area contributed by atoms with Crippen molar-refractivity contribution in [3.63, 3.8) is 0 Å². The molecule has 0 aromatic heterocycles. The highest BCUT2D eigenvalue weighted by atomic mass is 32.2. The van der Waals surface area contributed by atoms with Gasteiger partial charge in [-0.05, 0) is 29.7 Å². The summed E-state index contributed by atoms with van der Waals surface area (Å²) in [6.07, 6.45) is 0.865. The van der Waals surface area contributed by atoms with Crippen LogP contribution in [-0.4, -0.2) is 46.4 Å². The maximum atomic E-state index is 12.8. The Morgan fingerprint density at radius 2 is 2.14 bits per heavy atom. The van der Waals surface area contributed by atoms with Crippen LogP contribution in [0.2, 0.25) is 0 Å². The number of aliphatic hydroxyl groups is 1. The van der Waals surface area contributed by atoms with Gasteiger partial charge in [-0.1, -0.05) is 48.2 Å². The number of amides is 1. The number of carbonyl (C=O) groups excluding carboxylic acids is 1. The Morgan fingerprint density at radius 3 is 2.89 bits per heavy atom. The second kappa shape index (κ2) is 8.78. The van der Waals surface area contributed by atoms with Crippen LogP contribution < -0.4 is 10.6 Å². The summed E-state index contributed by atoms with van der Waals surface area (Å²) in [7, 11) is 0. The number of anilines is 1. The molecule has 3 N–H and O–H groups in total. The Hall–Kier alpha value is -1.67. The molecule has 4 rings (SSSR count). The smallest absolute Gasteiger partial charge is 0.224 e. The zero-order valence-electron chi connectivity index (χ0n) is 15.5. The molecule has 0 aliphatic carbocycles. The zero-order valence-corrected chi connectivity index (χ0v) is 17.3. The molecule has 1 saturated heterocycles. The fourth-order valence-corrected chi connectivity index (χ4v) is 5.07. The van der Waals surface area contributed by atoms with Crippen LogP contribution in [-0.2, 0) is 11.2 Å². The summed E-state index contributed by atoms with van der Waals surface area (Å²) in [5.74, 6) is 0.00150. The van der Waals surface area contributed by atoms with Gasteiger partial charge in [0.1, 0.15) is 4.71 Å². The van der Waals surface area contributed by atoms with Gasteiger partial charge in [-0.2, -0.15) is 0 Å². The minimum absolute atomic E-state index is 0.00150. The Morgan fingerprint density at radius 1 is 1.32 bits per heavy atom. The fourth-order valence-electron chi connectivity index (χ4n) is 3.77. The Balaban J connectivity index is 1.42. The van der Waals surface area contributed by atoms with E-state index in [4.69, 9.17) is 0 Å². The average molecular weight is 416 g/mol. The summed E-state index contributed by atoms with van der Waals surface area (Å²) >= 11 is 6.11. The molecule has 2 aliphatic heterocycles. The van der Waals surface area contributed by atoms with E-state index in [1.807, 2.05) is 48.5 Å². The number of thioether (sulfide) groups is 1. The third-order valence-electron chi connectivity index (χ3n) is 5.15. The molecule has 0 radical (unpaired) electrons. The first-order valence-corrected chi connectivity index (χ1v) is 11.0. The highest BCUT2D eigenvalue weighted by molar-refractivity contribution is 8.10. The van der Waals surface area contributed by atoms with Gasteiger partial charge in [0.2, 0.25) is 5.91 Å². The number of likely N-dealkylation sites (tertiary alicyclic amines) is 1. The van der Waals surface area contributed by atoms with Gasteiger partial charge in [0.15, 0.2) is 0 Å². The van der Waals surface area contributed by atoms with Crippen molar-refractivity contribution in [1.82, 2.24) is 10.2 Å². The number of nitrogens with zero attached hydrogens (tertiary/aromatic N) is 1. The van der Waals surface area contributed by atoms with Gasteiger partial charge in [0, 0.05) is 30.2 Å². The maximum absolute atomic E-state index is 12.8. The van der Waals surface area contributed by atoms with Crippen LogP contribution in [0.25, 0.3) is 0 Å². The maximum Gasteiger partial charge on any atom is 0.224 e. The summed E-state index contributed by atoms with van der Waals surface area (Å²) in [5, 5.41) is 16.3. The van der Waals surface area contributed by atoms with E-state index < -0.39 is 0 Å². The van der Waals surface area contributed by atoms with E-state index in [2.05, 4.69) is 28.2 Å². The molecule has 2 aromatic carbocycles. The molecule has 0 bridgehead atoms. The van der Waals surface area contributed by atoms with Crippen LogP contribution in [0.3, 0.4) is 0 Å². The number of thiol groups is 1. The third-order valence-corrected chi connectivity index (χ3v) is 6.55. The number of β-amino-alcohol motifs (C(OH)–C–C–N with tert-alkyl or cyclic N) is 1. The van der Waals surface area contributed by atoms with Gasteiger partial charge in [0.05, 0.1) is 18.6 Å². The Kier molecular flexibility index (Phi) is 6.16. The van der Waals surface area contributed by atoms with E-state index in [0.29, 0.717) is 19.5 Å². The number of hydrogen-bond donors (Lipinski definition) is 4. The zero-order chi connectivity index (χ0) is 19.5. The summed E-state index contributed by atoms with van der Waals surface area (Å²) in [6.45, 7) is 2.23. The highest BCUT2D eigenvalue weighted by Crippen LogP contribution is 2.40. The molecule has 2 aromatic rings. The number of rotatable bonds is 6. The van der Waals surface area contributed by atoms with E-state index >= 15 is 0 Å². The summed E-state index contributed by atoms with van der Waals surface area (Å²) in [4.78, 5) is 16.2. The van der Waals surface area contributed by atoms with E-state index in [1.54, 1.807) is 11.8 Å². The van der Waals surface area contributed by atoms with E-state index in [9.17, 15) is 9.90 Å². The van der Waals surface area contributed by atoms with Crippen molar-refractivity contribution in [2.45, 2.75) is 34.6 Å². The van der Waals surface area contributed by atoms with Crippen molar-refractivity contribution >= 4 is 36.0 Å². The van der Waals surface area contributed by atoms with Gasteiger partial charge >= 0.3 is 0 Å². The largest absolute Gasteiger partial charge is 0.392 e. The number of aliphatic hydroxyl groups excluding tert-OH is 1. The number of fused-ring (bicyclic) bond motifs is 1. The second-order valence-electron chi connectivity index (χ2n) is 7.35. The molecule has 3 atom stereocenters. The molecular formula is C21H25N3O2S2. The van der Waals surface area contributed by atoms with Gasteiger partial charge in [-0.25, -0.2) is 0 Å². The standard InChI is InChI=1S/C21H25N3O2S2/c25-16-8-9-24(12-16)13-18(15-4-2-1-3-5-15)22-20(26)11-14-6-7-19-17(10-14)23-21(27)28-19/h1-7,10,16,18,21,23,25,27H,8-9,11-13H2,(H,22,26)/t16-,18+,21?/m0/s1. The molecule has 0 spiro atoms. The van der Waals surface area contributed by atoms with Gasteiger partial charge in [0.25, 0.3) is 0 Å². The van der Waals surface area contributed by atoms with Crippen LogP contribution in [0.15, 0.2) is 53.4 Å². The Labute approximate surface area is 175 Å². The van der Waals surface area contributed by atoms with Crippen molar-refractivity contribution in [2.24, 2.45) is 0 Å². The lowest BCUT2D eigenvalue weighted by Crippen LogP contribution is -2.38. The lowest BCUT2D eigenvalue weighted by Gasteiger charge is -2.25. The van der Waals surface area contributed by atoms with E-state index in [0.717, 1.165) is 29.8 Å². The molecule has 148 valence electrons. The quantitative estimate of drug-likeness (QED) is 0.547. The fraction of sp³-hybridized carbons (Fsp3) is 0.381. The molecule has 1 amide bonds. The monoisotopic (exact) mass is 415 g/mol. The first-order chi connectivity index (χ1) is 13.6. The number of benzene rings is 2. The summed E-state index contributed by atoms with van der Waals surface area (Å²) in [5.41, 5.74) is 3.11. The van der Waals surface area contributed by atoms with Crippen molar-refractivity contribution in [3.8, 4) is 0 Å². The average Bonchev–Trinajstić information content (AvgIpc) is 3.25. The normalized spacial score (nSPS) is 22.5. The molecule has 7 heteroatoms. The van der Waals surface area contributed by atoms with Crippen LogP contribution in [0, 0.1) is 0 Å². The number of carbonyl (C=O) groups is 1. The lowest BCUT2D eigenvalue weighted by atomic mass is 10.1. The Bertz CT molecular complexity index is 834. The van der Waals surface area contributed by atoms with Crippen molar-refractivity contribution in [2.75, 3.05) is 25.0 Å². The first-order valence-electron chi connectivity index (χ1n) is 9.56. The van der Waals surface area contributed by atoms with Gasteiger partial charge in [-0.3, -0.25) is 9.69 Å². The summed E-state index contributed by atoms with van der Waals surface area (Å²) < 4.78 is 0.0670. The molecule has 1 fully saturated rings. The van der Waals surface area contributed by atoms with Gasteiger partial charge in [-0.15, -0.1) is 12.6 Å². The van der Waals surface area contributed by atoms with Crippen molar-refractivity contribution < 1.29 is 9.90 Å². The molecule has 1 unspecified atom stereocenters. The van der Waals surface area contributed by atoms with Crippen molar-refractivity contribution in [3.05, 3.63) is 59.7 Å². The molecule has 0 saturated carbocycles. The SMILES string of the molecule is O=C(Cc1ccc2c(c1)NC(S)S2)N[C@H](CN1CC[C@H](O)C1)c1ccccc1.